The second kappa shape index (κ2) is 9.68. The summed E-state index contributed by atoms with van der Waals surface area (Å²) in [7, 11) is -5.49. The van der Waals surface area contributed by atoms with Gasteiger partial charge in [0.05, 0.1) is 0 Å². The average Bonchev–Trinajstić information content (AvgIpc) is 2.55. The molecule has 3 nitrogen and oxygen atoms in total. The van der Waals surface area contributed by atoms with Crippen molar-refractivity contribution in [2.45, 2.75) is 90.9 Å². The number of phenolic OH excluding ortho intramolecular Hbond substituents is 1. The highest BCUT2D eigenvalue weighted by atomic mass is 28.5. The molecule has 1 rings (SSSR count). The van der Waals surface area contributed by atoms with Crippen LogP contribution in [-0.4, -0.2) is 30.3 Å². The van der Waals surface area contributed by atoms with Crippen LogP contribution in [0.25, 0.3) is 0 Å². The summed E-state index contributed by atoms with van der Waals surface area (Å²) < 4.78 is 13.5. The Morgan fingerprint density at radius 1 is 0.923 bits per heavy atom. The van der Waals surface area contributed by atoms with Crippen molar-refractivity contribution in [3.05, 3.63) is 29.3 Å². The molecule has 0 aromatic heterocycles. The van der Waals surface area contributed by atoms with Crippen molar-refractivity contribution in [3.63, 3.8) is 0 Å². The van der Waals surface area contributed by atoms with Crippen molar-refractivity contribution in [3.8, 4) is 5.75 Å². The SMILES string of the molecule is CC[Si](CC)(CC)O[Si](C)(C)O[Si](C)(C)CCCc1cccc(O)c1C. The Morgan fingerprint density at radius 3 is 2.04 bits per heavy atom. The van der Waals surface area contributed by atoms with Crippen LogP contribution in [0.3, 0.4) is 0 Å². The van der Waals surface area contributed by atoms with Crippen LogP contribution in [0, 0.1) is 6.92 Å². The fourth-order valence-corrected chi connectivity index (χ4v) is 18.6. The molecule has 0 bridgehead atoms. The highest BCUT2D eigenvalue weighted by molar-refractivity contribution is 6.88. The number of hydrogen-bond acceptors (Lipinski definition) is 3. The molecule has 0 aliphatic rings. The van der Waals surface area contributed by atoms with Crippen LogP contribution in [0.15, 0.2) is 18.2 Å². The monoisotopic (exact) mass is 412 g/mol. The molecular formula is C20H40O3Si3. The molecule has 0 aliphatic heterocycles. The van der Waals surface area contributed by atoms with Gasteiger partial charge in [-0.15, -0.1) is 0 Å². The lowest BCUT2D eigenvalue weighted by Gasteiger charge is -2.40. The fourth-order valence-electron chi connectivity index (χ4n) is 3.87. The second-order valence-electron chi connectivity index (χ2n) is 8.52. The Kier molecular flexibility index (Phi) is 8.80. The first-order valence-corrected chi connectivity index (χ1v) is 18.6. The van der Waals surface area contributed by atoms with Gasteiger partial charge in [0.25, 0.3) is 0 Å². The van der Waals surface area contributed by atoms with Crippen LogP contribution in [0.1, 0.15) is 38.3 Å². The molecule has 0 heterocycles. The van der Waals surface area contributed by atoms with Gasteiger partial charge in [-0.2, -0.15) is 0 Å². The summed E-state index contributed by atoms with van der Waals surface area (Å²) in [5.74, 6) is 0.400. The number of aryl methyl sites for hydroxylation is 1. The Labute approximate surface area is 164 Å². The van der Waals surface area contributed by atoms with Crippen molar-refractivity contribution in [2.75, 3.05) is 0 Å². The van der Waals surface area contributed by atoms with E-state index in [0.29, 0.717) is 5.75 Å². The lowest BCUT2D eigenvalue weighted by Crippen LogP contribution is -2.53. The predicted molar refractivity (Wildman–Crippen MR) is 120 cm³/mol. The van der Waals surface area contributed by atoms with Gasteiger partial charge < -0.3 is 13.3 Å². The molecule has 1 N–H and O–H groups in total. The van der Waals surface area contributed by atoms with Gasteiger partial charge in [0.15, 0.2) is 16.6 Å². The summed E-state index contributed by atoms with van der Waals surface area (Å²) >= 11 is 0. The van der Waals surface area contributed by atoms with E-state index in [-0.39, 0.29) is 0 Å². The highest BCUT2D eigenvalue weighted by Gasteiger charge is 2.41. The molecule has 0 aliphatic carbocycles. The van der Waals surface area contributed by atoms with Crippen LogP contribution < -0.4 is 0 Å². The van der Waals surface area contributed by atoms with Gasteiger partial charge >= 0.3 is 8.56 Å². The molecule has 0 unspecified atom stereocenters. The summed E-state index contributed by atoms with van der Waals surface area (Å²) in [5, 5.41) is 9.87. The van der Waals surface area contributed by atoms with Gasteiger partial charge in [-0.05, 0) is 87.3 Å². The van der Waals surface area contributed by atoms with Gasteiger partial charge in [0.2, 0.25) is 0 Å². The molecule has 1 aromatic rings. The van der Waals surface area contributed by atoms with Gasteiger partial charge in [-0.25, -0.2) is 0 Å². The van der Waals surface area contributed by atoms with Crippen molar-refractivity contribution in [1.29, 1.82) is 0 Å². The summed E-state index contributed by atoms with van der Waals surface area (Å²) in [6, 6.07) is 10.5. The molecule has 0 spiro atoms. The maximum Gasteiger partial charge on any atom is 0.311 e. The van der Waals surface area contributed by atoms with Crippen molar-refractivity contribution in [1.82, 2.24) is 0 Å². The molecule has 26 heavy (non-hydrogen) atoms. The van der Waals surface area contributed by atoms with Crippen LogP contribution in [0.4, 0.5) is 0 Å². The normalized spacial score (nSPS) is 13.2. The largest absolute Gasteiger partial charge is 0.508 e. The van der Waals surface area contributed by atoms with Gasteiger partial charge in [0.1, 0.15) is 5.75 Å². The average molecular weight is 413 g/mol. The zero-order chi connectivity index (χ0) is 20.0. The van der Waals surface area contributed by atoms with Crippen LogP contribution in [0.5, 0.6) is 5.75 Å². The third-order valence-electron chi connectivity index (χ3n) is 5.56. The zero-order valence-corrected chi connectivity index (χ0v) is 21.2. The van der Waals surface area contributed by atoms with E-state index < -0.39 is 25.2 Å². The molecule has 0 saturated heterocycles. The van der Waals surface area contributed by atoms with E-state index in [1.165, 1.54) is 23.7 Å². The van der Waals surface area contributed by atoms with Gasteiger partial charge in [-0.3, -0.25) is 0 Å². The number of rotatable bonds is 11. The summed E-state index contributed by atoms with van der Waals surface area (Å²) in [5.41, 5.74) is 2.26. The number of benzene rings is 1. The third kappa shape index (κ3) is 6.96. The standard InChI is InChI=1S/C20H40O3Si3/c1-9-26(10-2,11-3)23-25(7,8)22-24(5,6)17-13-15-19-14-12-16-20(21)18(19)4/h12,14,16,21H,9-11,13,15,17H2,1-8H3. The highest BCUT2D eigenvalue weighted by Crippen LogP contribution is 2.30. The van der Waals surface area contributed by atoms with Crippen molar-refractivity contribution in [2.24, 2.45) is 0 Å². The summed E-state index contributed by atoms with van der Waals surface area (Å²) in [6.07, 6.45) is 2.10. The topological polar surface area (TPSA) is 38.7 Å². The van der Waals surface area contributed by atoms with Crippen molar-refractivity contribution >= 4 is 25.2 Å². The Hall–Kier alpha value is -0.409. The number of aromatic hydroxyl groups is 1. The van der Waals surface area contributed by atoms with E-state index in [2.05, 4.69) is 53.0 Å². The first kappa shape index (κ1) is 23.6. The van der Waals surface area contributed by atoms with E-state index in [9.17, 15) is 5.11 Å². The predicted octanol–water partition coefficient (Wildman–Crippen LogP) is 6.58. The van der Waals surface area contributed by atoms with E-state index in [4.69, 9.17) is 8.23 Å². The summed E-state index contributed by atoms with van der Waals surface area (Å²) in [4.78, 5) is 0. The van der Waals surface area contributed by atoms with E-state index >= 15 is 0 Å². The minimum atomic E-state index is -2.10. The molecule has 6 heteroatoms. The second-order valence-corrected chi connectivity index (χ2v) is 21.5. The Morgan fingerprint density at radius 2 is 1.50 bits per heavy atom. The molecular weight excluding hydrogens is 372 g/mol. The number of phenols is 1. The van der Waals surface area contributed by atoms with Gasteiger partial charge in [-0.1, -0.05) is 32.9 Å². The third-order valence-corrected chi connectivity index (χ3v) is 18.9. The van der Waals surface area contributed by atoms with Gasteiger partial charge in [0, 0.05) is 0 Å². The quantitative estimate of drug-likeness (QED) is 0.417. The lowest BCUT2D eigenvalue weighted by atomic mass is 10.0. The minimum absolute atomic E-state index is 0.400. The van der Waals surface area contributed by atoms with E-state index in [1.807, 2.05) is 13.0 Å². The zero-order valence-electron chi connectivity index (χ0n) is 18.2. The molecule has 0 atom stereocenters. The van der Waals surface area contributed by atoms with Crippen LogP contribution in [-0.2, 0) is 14.7 Å². The van der Waals surface area contributed by atoms with Crippen LogP contribution >= 0.6 is 0 Å². The summed E-state index contributed by atoms with van der Waals surface area (Å²) in [6.45, 7) is 18.0. The first-order valence-electron chi connectivity index (χ1n) is 10.2. The maximum atomic E-state index is 9.87. The molecule has 0 fully saturated rings. The molecule has 150 valence electrons. The smallest absolute Gasteiger partial charge is 0.311 e. The van der Waals surface area contributed by atoms with Crippen molar-refractivity contribution < 1.29 is 13.3 Å². The lowest BCUT2D eigenvalue weighted by molar-refractivity contribution is 0.382. The Balaban J connectivity index is 2.65. The maximum absolute atomic E-state index is 9.87. The van der Waals surface area contributed by atoms with Crippen LogP contribution in [0.2, 0.25) is 50.4 Å². The molecule has 0 amide bonds. The molecule has 0 radical (unpaired) electrons. The molecule has 0 saturated carbocycles. The first-order chi connectivity index (χ1) is 12.0. The number of hydrogen-bond donors (Lipinski definition) is 1. The fraction of sp³-hybridized carbons (Fsp3) is 0.700. The minimum Gasteiger partial charge on any atom is -0.508 e. The molecule has 1 aromatic carbocycles. The Bertz CT molecular complexity index is 561. The van der Waals surface area contributed by atoms with E-state index in [0.717, 1.165) is 24.4 Å². The van der Waals surface area contributed by atoms with E-state index in [1.54, 1.807) is 6.07 Å².